The van der Waals surface area contributed by atoms with Crippen molar-refractivity contribution in [3.8, 4) is 5.75 Å². The third-order valence-electron chi connectivity index (χ3n) is 3.19. The number of hydrogen-bond acceptors (Lipinski definition) is 3. The van der Waals surface area contributed by atoms with Gasteiger partial charge in [0, 0.05) is 10.5 Å². The second-order valence-electron chi connectivity index (χ2n) is 4.65. The van der Waals surface area contributed by atoms with Crippen molar-refractivity contribution >= 4 is 11.8 Å². The van der Waals surface area contributed by atoms with Gasteiger partial charge in [-0.1, -0.05) is 30.7 Å². The van der Waals surface area contributed by atoms with Gasteiger partial charge in [-0.2, -0.15) is 0 Å². The number of aryl methyl sites for hydroxylation is 1. The van der Waals surface area contributed by atoms with Gasteiger partial charge in [0.15, 0.2) is 0 Å². The standard InChI is InChI=1S/C17H20O2S/c1-4-20-14-8-6-13(7-9-14)17(18)15-11-12(2)5-10-16(15)19-3/h5-11,17-18H,4H2,1-3H3. The van der Waals surface area contributed by atoms with Crippen molar-refractivity contribution in [1.29, 1.82) is 0 Å². The normalized spacial score (nSPS) is 12.2. The first-order chi connectivity index (χ1) is 9.65. The number of thioether (sulfide) groups is 1. The monoisotopic (exact) mass is 288 g/mol. The van der Waals surface area contributed by atoms with Gasteiger partial charge in [0.05, 0.1) is 7.11 Å². The van der Waals surface area contributed by atoms with Gasteiger partial charge >= 0.3 is 0 Å². The van der Waals surface area contributed by atoms with Crippen LogP contribution in [0.1, 0.15) is 29.7 Å². The van der Waals surface area contributed by atoms with Crippen LogP contribution in [-0.2, 0) is 0 Å². The first kappa shape index (κ1) is 14.9. The van der Waals surface area contributed by atoms with Crippen LogP contribution in [0.25, 0.3) is 0 Å². The quantitative estimate of drug-likeness (QED) is 0.836. The second kappa shape index (κ2) is 6.82. The van der Waals surface area contributed by atoms with Crippen LogP contribution >= 0.6 is 11.8 Å². The van der Waals surface area contributed by atoms with Gasteiger partial charge in [0.2, 0.25) is 0 Å². The van der Waals surface area contributed by atoms with E-state index >= 15 is 0 Å². The third kappa shape index (κ3) is 3.35. The van der Waals surface area contributed by atoms with Crippen molar-refractivity contribution in [2.75, 3.05) is 12.9 Å². The summed E-state index contributed by atoms with van der Waals surface area (Å²) in [5.74, 6) is 1.77. The Morgan fingerprint density at radius 1 is 1.15 bits per heavy atom. The Morgan fingerprint density at radius 2 is 1.85 bits per heavy atom. The molecule has 3 heteroatoms. The average Bonchev–Trinajstić information content (AvgIpc) is 2.47. The molecule has 0 saturated heterocycles. The van der Waals surface area contributed by atoms with Crippen LogP contribution in [0, 0.1) is 6.92 Å². The molecule has 0 aliphatic heterocycles. The average molecular weight is 288 g/mol. The molecular formula is C17H20O2S. The van der Waals surface area contributed by atoms with E-state index in [9.17, 15) is 5.11 Å². The first-order valence-electron chi connectivity index (χ1n) is 6.71. The molecule has 1 atom stereocenters. The van der Waals surface area contributed by atoms with Crippen molar-refractivity contribution in [1.82, 2.24) is 0 Å². The van der Waals surface area contributed by atoms with Crippen molar-refractivity contribution in [2.24, 2.45) is 0 Å². The minimum atomic E-state index is -0.662. The number of hydrogen-bond donors (Lipinski definition) is 1. The number of rotatable bonds is 5. The zero-order valence-corrected chi connectivity index (χ0v) is 12.9. The number of methoxy groups -OCH3 is 1. The molecule has 0 amide bonds. The molecule has 2 rings (SSSR count). The maximum atomic E-state index is 10.6. The molecule has 1 unspecified atom stereocenters. The molecule has 0 radical (unpaired) electrons. The molecule has 0 spiro atoms. The molecule has 106 valence electrons. The highest BCUT2D eigenvalue weighted by atomic mass is 32.2. The molecular weight excluding hydrogens is 268 g/mol. The predicted molar refractivity (Wildman–Crippen MR) is 84.6 cm³/mol. The van der Waals surface area contributed by atoms with E-state index in [4.69, 9.17) is 4.74 Å². The highest BCUT2D eigenvalue weighted by Crippen LogP contribution is 2.31. The fraction of sp³-hybridized carbons (Fsp3) is 0.294. The van der Waals surface area contributed by atoms with Gasteiger partial charge in [-0.05, 0) is 42.5 Å². The molecule has 0 fully saturated rings. The molecule has 2 aromatic carbocycles. The molecule has 0 aliphatic carbocycles. The molecule has 0 saturated carbocycles. The first-order valence-corrected chi connectivity index (χ1v) is 7.69. The van der Waals surface area contributed by atoms with E-state index in [2.05, 4.69) is 19.1 Å². The van der Waals surface area contributed by atoms with Crippen LogP contribution in [0.5, 0.6) is 5.75 Å². The number of ether oxygens (including phenoxy) is 1. The molecule has 2 nitrogen and oxygen atoms in total. The minimum absolute atomic E-state index is 0.662. The van der Waals surface area contributed by atoms with E-state index in [0.717, 1.165) is 28.2 Å². The summed E-state index contributed by atoms with van der Waals surface area (Å²) < 4.78 is 5.34. The Bertz CT molecular complexity index is 564. The second-order valence-corrected chi connectivity index (χ2v) is 5.99. The summed E-state index contributed by atoms with van der Waals surface area (Å²) in [6.45, 7) is 4.14. The molecule has 2 aromatic rings. The van der Waals surface area contributed by atoms with Gasteiger partial charge in [-0.25, -0.2) is 0 Å². The molecule has 0 heterocycles. The Balaban J connectivity index is 2.30. The van der Waals surface area contributed by atoms with Gasteiger partial charge in [-0.3, -0.25) is 0 Å². The maximum absolute atomic E-state index is 10.6. The van der Waals surface area contributed by atoms with Crippen LogP contribution in [0.4, 0.5) is 0 Å². The van der Waals surface area contributed by atoms with E-state index in [-0.39, 0.29) is 0 Å². The van der Waals surface area contributed by atoms with E-state index in [1.54, 1.807) is 18.9 Å². The predicted octanol–water partition coefficient (Wildman–Crippen LogP) is 4.20. The highest BCUT2D eigenvalue weighted by molar-refractivity contribution is 7.99. The van der Waals surface area contributed by atoms with Crippen LogP contribution in [0.2, 0.25) is 0 Å². The van der Waals surface area contributed by atoms with Gasteiger partial charge in [0.25, 0.3) is 0 Å². The Kier molecular flexibility index (Phi) is 5.10. The topological polar surface area (TPSA) is 29.5 Å². The van der Waals surface area contributed by atoms with Crippen LogP contribution in [-0.4, -0.2) is 18.0 Å². The molecule has 1 N–H and O–H groups in total. The van der Waals surface area contributed by atoms with Gasteiger partial charge in [0.1, 0.15) is 11.9 Å². The molecule has 20 heavy (non-hydrogen) atoms. The Labute approximate surface area is 124 Å². The van der Waals surface area contributed by atoms with E-state index in [1.807, 2.05) is 37.3 Å². The number of aliphatic hydroxyl groups excluding tert-OH is 1. The van der Waals surface area contributed by atoms with Gasteiger partial charge in [-0.15, -0.1) is 11.8 Å². The van der Waals surface area contributed by atoms with Crippen LogP contribution in [0.3, 0.4) is 0 Å². The van der Waals surface area contributed by atoms with Gasteiger partial charge < -0.3 is 9.84 Å². The zero-order valence-electron chi connectivity index (χ0n) is 12.1. The van der Waals surface area contributed by atoms with Crippen molar-refractivity contribution in [2.45, 2.75) is 24.8 Å². The van der Waals surface area contributed by atoms with Crippen LogP contribution in [0.15, 0.2) is 47.4 Å². The highest BCUT2D eigenvalue weighted by Gasteiger charge is 2.15. The lowest BCUT2D eigenvalue weighted by Gasteiger charge is -2.16. The summed E-state index contributed by atoms with van der Waals surface area (Å²) in [5, 5.41) is 10.6. The van der Waals surface area contributed by atoms with E-state index in [0.29, 0.717) is 0 Å². The number of benzene rings is 2. The van der Waals surface area contributed by atoms with E-state index in [1.165, 1.54) is 4.90 Å². The van der Waals surface area contributed by atoms with Crippen LogP contribution < -0.4 is 4.74 Å². The largest absolute Gasteiger partial charge is 0.496 e. The van der Waals surface area contributed by atoms with Crippen molar-refractivity contribution < 1.29 is 9.84 Å². The van der Waals surface area contributed by atoms with E-state index < -0.39 is 6.10 Å². The molecule has 0 bridgehead atoms. The Hall–Kier alpha value is -1.45. The number of aliphatic hydroxyl groups is 1. The summed E-state index contributed by atoms with van der Waals surface area (Å²) in [4.78, 5) is 1.22. The lowest BCUT2D eigenvalue weighted by molar-refractivity contribution is 0.214. The lowest BCUT2D eigenvalue weighted by atomic mass is 9.99. The SMILES string of the molecule is CCSc1ccc(C(O)c2cc(C)ccc2OC)cc1. The summed E-state index contributed by atoms with van der Waals surface area (Å²) in [6.07, 6.45) is -0.662. The Morgan fingerprint density at radius 3 is 2.45 bits per heavy atom. The summed E-state index contributed by atoms with van der Waals surface area (Å²) in [7, 11) is 1.63. The maximum Gasteiger partial charge on any atom is 0.125 e. The fourth-order valence-corrected chi connectivity index (χ4v) is 2.82. The zero-order chi connectivity index (χ0) is 14.5. The smallest absolute Gasteiger partial charge is 0.125 e. The lowest BCUT2D eigenvalue weighted by Crippen LogP contribution is -2.02. The third-order valence-corrected chi connectivity index (χ3v) is 4.08. The minimum Gasteiger partial charge on any atom is -0.496 e. The summed E-state index contributed by atoms with van der Waals surface area (Å²) in [5.41, 5.74) is 2.80. The van der Waals surface area contributed by atoms with Crippen molar-refractivity contribution in [3.63, 3.8) is 0 Å². The molecule has 0 aliphatic rings. The summed E-state index contributed by atoms with van der Waals surface area (Å²) >= 11 is 1.80. The fourth-order valence-electron chi connectivity index (χ4n) is 2.16. The molecule has 0 aromatic heterocycles. The summed E-state index contributed by atoms with van der Waals surface area (Å²) in [6, 6.07) is 13.9. The van der Waals surface area contributed by atoms with Crippen molar-refractivity contribution in [3.05, 3.63) is 59.2 Å².